The molecule has 0 aliphatic rings. The highest BCUT2D eigenvalue weighted by Gasteiger charge is 2.11. The number of carbonyl (C=O) groups excluding carboxylic acids is 1. The predicted molar refractivity (Wildman–Crippen MR) is 64.8 cm³/mol. The maximum absolute atomic E-state index is 11.9. The summed E-state index contributed by atoms with van der Waals surface area (Å²) in [6.07, 6.45) is 4.38. The van der Waals surface area contributed by atoms with Crippen molar-refractivity contribution in [3.63, 3.8) is 0 Å². The van der Waals surface area contributed by atoms with Gasteiger partial charge in [-0.2, -0.15) is 0 Å². The van der Waals surface area contributed by atoms with Gasteiger partial charge in [-0.1, -0.05) is 13.8 Å². The summed E-state index contributed by atoms with van der Waals surface area (Å²) in [5, 5.41) is 10.6. The van der Waals surface area contributed by atoms with Crippen molar-refractivity contribution < 1.29 is 4.79 Å². The van der Waals surface area contributed by atoms with Crippen LogP contribution in [0.15, 0.2) is 24.7 Å². The Bertz CT molecular complexity index is 518. The number of nitrogens with one attached hydrogen (secondary N) is 1. The van der Waals surface area contributed by atoms with Crippen LogP contribution in [0.25, 0.3) is 5.65 Å². The Labute approximate surface area is 99.9 Å². The average Bonchev–Trinajstić information content (AvgIpc) is 2.75. The zero-order chi connectivity index (χ0) is 12.3. The number of carbonyl (C=O) groups is 1. The lowest BCUT2D eigenvalue weighted by Gasteiger charge is -2.07. The molecule has 1 N–H and O–H groups in total. The molecule has 5 heteroatoms. The average molecular weight is 232 g/mol. The molecular weight excluding hydrogens is 216 g/mol. The van der Waals surface area contributed by atoms with Gasteiger partial charge < -0.3 is 5.32 Å². The van der Waals surface area contributed by atoms with Crippen molar-refractivity contribution in [1.29, 1.82) is 0 Å². The molecule has 2 aromatic heterocycles. The number of nitrogens with zero attached hydrogens (tertiary/aromatic N) is 3. The van der Waals surface area contributed by atoms with Gasteiger partial charge in [0.2, 0.25) is 0 Å². The fraction of sp³-hybridized carbons (Fsp3) is 0.417. The highest BCUT2D eigenvalue weighted by atomic mass is 16.1. The van der Waals surface area contributed by atoms with E-state index >= 15 is 0 Å². The van der Waals surface area contributed by atoms with Crippen LogP contribution in [0.2, 0.25) is 0 Å². The Morgan fingerprint density at radius 3 is 3.12 bits per heavy atom. The number of amides is 1. The van der Waals surface area contributed by atoms with Crippen LogP contribution in [0.3, 0.4) is 0 Å². The molecule has 0 aliphatic carbocycles. The summed E-state index contributed by atoms with van der Waals surface area (Å²) in [4.78, 5) is 11.9. The van der Waals surface area contributed by atoms with Crippen LogP contribution in [-0.4, -0.2) is 27.0 Å². The van der Waals surface area contributed by atoms with Gasteiger partial charge in [0.05, 0.1) is 5.56 Å². The van der Waals surface area contributed by atoms with E-state index in [9.17, 15) is 4.79 Å². The minimum atomic E-state index is -0.0933. The van der Waals surface area contributed by atoms with Crippen molar-refractivity contribution in [1.82, 2.24) is 19.9 Å². The maximum atomic E-state index is 11.9. The summed E-state index contributed by atoms with van der Waals surface area (Å²) < 4.78 is 1.73. The van der Waals surface area contributed by atoms with E-state index < -0.39 is 0 Å². The van der Waals surface area contributed by atoms with Crippen molar-refractivity contribution in [3.8, 4) is 0 Å². The number of hydrogen-bond acceptors (Lipinski definition) is 3. The zero-order valence-corrected chi connectivity index (χ0v) is 10.1. The summed E-state index contributed by atoms with van der Waals surface area (Å²) in [7, 11) is 0. The van der Waals surface area contributed by atoms with E-state index in [0.29, 0.717) is 23.7 Å². The molecule has 0 aromatic carbocycles. The van der Waals surface area contributed by atoms with Crippen LogP contribution in [0.1, 0.15) is 30.6 Å². The smallest absolute Gasteiger partial charge is 0.255 e. The van der Waals surface area contributed by atoms with E-state index in [2.05, 4.69) is 29.4 Å². The van der Waals surface area contributed by atoms with Gasteiger partial charge in [0.25, 0.3) is 5.91 Å². The standard InChI is InChI=1S/C12H16N4O/c1-9(2)5-6-13-12(17)10-4-3-7-16-8-14-15-11(10)16/h3-4,7-9H,5-6H2,1-2H3,(H,13,17). The molecule has 17 heavy (non-hydrogen) atoms. The van der Waals surface area contributed by atoms with E-state index in [-0.39, 0.29) is 5.91 Å². The Morgan fingerprint density at radius 2 is 2.35 bits per heavy atom. The quantitative estimate of drug-likeness (QED) is 0.869. The van der Waals surface area contributed by atoms with Crippen LogP contribution >= 0.6 is 0 Å². The van der Waals surface area contributed by atoms with Crippen LogP contribution < -0.4 is 5.32 Å². The third kappa shape index (κ3) is 2.61. The summed E-state index contributed by atoms with van der Waals surface area (Å²) in [5.74, 6) is 0.489. The SMILES string of the molecule is CC(C)CCNC(=O)c1cccn2cnnc12. The van der Waals surface area contributed by atoms with E-state index in [1.54, 1.807) is 16.8 Å². The molecular formula is C12H16N4O. The molecule has 0 fully saturated rings. The Kier molecular flexibility index (Phi) is 3.37. The monoisotopic (exact) mass is 232 g/mol. The fourth-order valence-electron chi connectivity index (χ4n) is 1.60. The van der Waals surface area contributed by atoms with Crippen molar-refractivity contribution in [2.75, 3.05) is 6.54 Å². The molecule has 0 radical (unpaired) electrons. The largest absolute Gasteiger partial charge is 0.352 e. The summed E-state index contributed by atoms with van der Waals surface area (Å²) in [6, 6.07) is 3.57. The molecule has 2 rings (SSSR count). The number of fused-ring (bicyclic) bond motifs is 1. The molecule has 0 unspecified atom stereocenters. The number of pyridine rings is 1. The summed E-state index contributed by atoms with van der Waals surface area (Å²) >= 11 is 0. The van der Waals surface area contributed by atoms with Crippen molar-refractivity contribution in [2.45, 2.75) is 20.3 Å². The van der Waals surface area contributed by atoms with Crippen molar-refractivity contribution in [2.24, 2.45) is 5.92 Å². The first kappa shape index (κ1) is 11.6. The Hall–Kier alpha value is -1.91. The lowest BCUT2D eigenvalue weighted by molar-refractivity contribution is 0.0953. The minimum absolute atomic E-state index is 0.0933. The molecule has 0 atom stereocenters. The first-order chi connectivity index (χ1) is 8.18. The van der Waals surface area contributed by atoms with Crippen LogP contribution in [0, 0.1) is 5.92 Å². The Balaban J connectivity index is 2.11. The molecule has 0 spiro atoms. The highest BCUT2D eigenvalue weighted by molar-refractivity contribution is 5.99. The van der Waals surface area contributed by atoms with Gasteiger partial charge in [0.15, 0.2) is 5.65 Å². The van der Waals surface area contributed by atoms with E-state index in [4.69, 9.17) is 0 Å². The molecule has 0 saturated carbocycles. The van der Waals surface area contributed by atoms with Gasteiger partial charge in [-0.05, 0) is 24.5 Å². The van der Waals surface area contributed by atoms with Gasteiger partial charge in [-0.15, -0.1) is 10.2 Å². The molecule has 0 aliphatic heterocycles. The molecule has 5 nitrogen and oxygen atoms in total. The second-order valence-corrected chi connectivity index (χ2v) is 4.42. The van der Waals surface area contributed by atoms with Crippen LogP contribution in [0.4, 0.5) is 0 Å². The van der Waals surface area contributed by atoms with E-state index in [1.165, 1.54) is 0 Å². The van der Waals surface area contributed by atoms with Gasteiger partial charge in [0.1, 0.15) is 6.33 Å². The lowest BCUT2D eigenvalue weighted by atomic mass is 10.1. The summed E-state index contributed by atoms with van der Waals surface area (Å²) in [6.45, 7) is 4.95. The maximum Gasteiger partial charge on any atom is 0.255 e. The van der Waals surface area contributed by atoms with Crippen molar-refractivity contribution in [3.05, 3.63) is 30.2 Å². The predicted octanol–water partition coefficient (Wildman–Crippen LogP) is 1.51. The fourth-order valence-corrected chi connectivity index (χ4v) is 1.60. The van der Waals surface area contributed by atoms with E-state index in [1.807, 2.05) is 12.3 Å². The van der Waals surface area contributed by atoms with Crippen molar-refractivity contribution >= 4 is 11.6 Å². The number of hydrogen-bond donors (Lipinski definition) is 1. The third-order valence-electron chi connectivity index (χ3n) is 2.58. The molecule has 90 valence electrons. The lowest BCUT2D eigenvalue weighted by Crippen LogP contribution is -2.25. The van der Waals surface area contributed by atoms with Gasteiger partial charge >= 0.3 is 0 Å². The molecule has 2 aromatic rings. The van der Waals surface area contributed by atoms with Crippen LogP contribution in [0.5, 0.6) is 0 Å². The number of rotatable bonds is 4. The molecule has 1 amide bonds. The normalized spacial score (nSPS) is 11.0. The second kappa shape index (κ2) is 4.95. The second-order valence-electron chi connectivity index (χ2n) is 4.42. The zero-order valence-electron chi connectivity index (χ0n) is 10.1. The third-order valence-corrected chi connectivity index (χ3v) is 2.58. The first-order valence-electron chi connectivity index (χ1n) is 5.75. The van der Waals surface area contributed by atoms with Gasteiger partial charge in [-0.3, -0.25) is 9.20 Å². The van der Waals surface area contributed by atoms with E-state index in [0.717, 1.165) is 6.42 Å². The molecule has 2 heterocycles. The molecule has 0 saturated heterocycles. The summed E-state index contributed by atoms with van der Waals surface area (Å²) in [5.41, 5.74) is 1.16. The topological polar surface area (TPSA) is 59.3 Å². The molecule has 0 bridgehead atoms. The first-order valence-corrected chi connectivity index (χ1v) is 5.75. The highest BCUT2D eigenvalue weighted by Crippen LogP contribution is 2.07. The Morgan fingerprint density at radius 1 is 1.53 bits per heavy atom. The van der Waals surface area contributed by atoms with Crippen LogP contribution in [-0.2, 0) is 0 Å². The number of aromatic nitrogens is 3. The minimum Gasteiger partial charge on any atom is -0.352 e. The van der Waals surface area contributed by atoms with Gasteiger partial charge in [-0.25, -0.2) is 0 Å². The van der Waals surface area contributed by atoms with Gasteiger partial charge in [0, 0.05) is 12.7 Å².